The van der Waals surface area contributed by atoms with Gasteiger partial charge in [-0.1, -0.05) is 12.1 Å². The van der Waals surface area contributed by atoms with E-state index in [1.807, 2.05) is 13.0 Å². The highest BCUT2D eigenvalue weighted by Crippen LogP contribution is 2.20. The third-order valence-electron chi connectivity index (χ3n) is 3.03. The lowest BCUT2D eigenvalue weighted by Crippen LogP contribution is -2.29. The van der Waals surface area contributed by atoms with E-state index in [-0.39, 0.29) is 29.0 Å². The number of ether oxygens (including phenoxy) is 1. The Labute approximate surface area is 118 Å². The highest BCUT2D eigenvalue weighted by molar-refractivity contribution is 5.70. The van der Waals surface area contributed by atoms with Gasteiger partial charge in [-0.15, -0.1) is 0 Å². The average Bonchev–Trinajstić information content (AvgIpc) is 2.37. The van der Waals surface area contributed by atoms with Crippen molar-refractivity contribution in [2.75, 3.05) is 6.61 Å². The second-order valence-corrected chi connectivity index (χ2v) is 4.61. The molecule has 20 heavy (non-hydrogen) atoms. The first-order chi connectivity index (χ1) is 9.45. The first-order valence-corrected chi connectivity index (χ1v) is 6.57. The fraction of sp³-hybridized carbons (Fsp3) is 0.500. The number of hydrogen-bond donors (Lipinski definition) is 1. The van der Waals surface area contributed by atoms with Crippen LogP contribution in [0.3, 0.4) is 0 Å². The van der Waals surface area contributed by atoms with E-state index in [9.17, 15) is 14.9 Å². The quantitative estimate of drug-likeness (QED) is 0.471. The lowest BCUT2D eigenvalue weighted by Gasteiger charge is -2.14. The largest absolute Gasteiger partial charge is 0.466 e. The van der Waals surface area contributed by atoms with E-state index in [1.165, 1.54) is 6.07 Å². The Morgan fingerprint density at radius 3 is 2.80 bits per heavy atom. The highest BCUT2D eigenvalue weighted by Gasteiger charge is 2.14. The van der Waals surface area contributed by atoms with Gasteiger partial charge in [0.15, 0.2) is 0 Å². The molecule has 0 aliphatic carbocycles. The van der Waals surface area contributed by atoms with Crippen LogP contribution in [-0.4, -0.2) is 23.5 Å². The van der Waals surface area contributed by atoms with Crippen molar-refractivity contribution >= 4 is 11.7 Å². The van der Waals surface area contributed by atoms with Gasteiger partial charge in [-0.3, -0.25) is 14.9 Å². The molecule has 0 heterocycles. The second kappa shape index (κ2) is 7.59. The Morgan fingerprint density at radius 1 is 1.50 bits per heavy atom. The van der Waals surface area contributed by atoms with E-state index in [0.29, 0.717) is 18.7 Å². The van der Waals surface area contributed by atoms with E-state index in [0.717, 1.165) is 5.56 Å². The zero-order chi connectivity index (χ0) is 15.1. The van der Waals surface area contributed by atoms with Crippen LogP contribution in [-0.2, 0) is 16.1 Å². The molecule has 1 unspecified atom stereocenters. The Balaban J connectivity index is 2.60. The fourth-order valence-electron chi connectivity index (χ4n) is 1.89. The maximum absolute atomic E-state index is 11.3. The molecule has 1 aromatic rings. The van der Waals surface area contributed by atoms with E-state index in [4.69, 9.17) is 4.74 Å². The molecule has 110 valence electrons. The summed E-state index contributed by atoms with van der Waals surface area (Å²) in [6, 6.07) is 4.94. The molecule has 1 rings (SSSR count). The van der Waals surface area contributed by atoms with Gasteiger partial charge in [-0.2, -0.15) is 0 Å². The molecule has 1 N–H and O–H groups in total. The van der Waals surface area contributed by atoms with Gasteiger partial charge in [-0.05, 0) is 26.3 Å². The van der Waals surface area contributed by atoms with Crippen molar-refractivity contribution in [3.63, 3.8) is 0 Å². The predicted molar refractivity (Wildman–Crippen MR) is 75.4 cm³/mol. The van der Waals surface area contributed by atoms with E-state index in [1.54, 1.807) is 19.9 Å². The molecule has 0 fully saturated rings. The number of rotatable bonds is 7. The van der Waals surface area contributed by atoms with Crippen molar-refractivity contribution in [1.82, 2.24) is 5.32 Å². The molecule has 0 spiro atoms. The Hall–Kier alpha value is -1.95. The number of esters is 1. The van der Waals surface area contributed by atoms with Gasteiger partial charge in [0.2, 0.25) is 0 Å². The summed E-state index contributed by atoms with van der Waals surface area (Å²) in [5.41, 5.74) is 1.62. The summed E-state index contributed by atoms with van der Waals surface area (Å²) in [5.74, 6) is -0.247. The Kier molecular flexibility index (Phi) is 6.11. The SMILES string of the molecule is CCOC(=O)CC(C)NCc1cccc([N+](=O)[O-])c1C. The summed E-state index contributed by atoms with van der Waals surface area (Å²) < 4.78 is 4.87. The third kappa shape index (κ3) is 4.62. The summed E-state index contributed by atoms with van der Waals surface area (Å²) >= 11 is 0. The van der Waals surface area contributed by atoms with Crippen LogP contribution in [0.2, 0.25) is 0 Å². The molecular weight excluding hydrogens is 260 g/mol. The summed E-state index contributed by atoms with van der Waals surface area (Å²) in [6.07, 6.45) is 0.280. The zero-order valence-corrected chi connectivity index (χ0v) is 12.0. The van der Waals surface area contributed by atoms with Crippen LogP contribution in [0.5, 0.6) is 0 Å². The minimum Gasteiger partial charge on any atom is -0.466 e. The summed E-state index contributed by atoms with van der Waals surface area (Å²) in [7, 11) is 0. The maximum Gasteiger partial charge on any atom is 0.307 e. The molecule has 0 radical (unpaired) electrons. The number of benzene rings is 1. The van der Waals surface area contributed by atoms with Gasteiger partial charge in [0.25, 0.3) is 5.69 Å². The molecule has 0 bridgehead atoms. The summed E-state index contributed by atoms with van der Waals surface area (Å²) in [6.45, 7) is 6.22. The number of nitrogens with one attached hydrogen (secondary N) is 1. The van der Waals surface area contributed by atoms with Crippen LogP contribution in [0.4, 0.5) is 5.69 Å². The fourth-order valence-corrected chi connectivity index (χ4v) is 1.89. The van der Waals surface area contributed by atoms with Crippen molar-refractivity contribution < 1.29 is 14.5 Å². The number of carbonyl (C=O) groups excluding carboxylic acids is 1. The maximum atomic E-state index is 11.3. The molecular formula is C14H20N2O4. The third-order valence-corrected chi connectivity index (χ3v) is 3.03. The van der Waals surface area contributed by atoms with Gasteiger partial charge in [0.05, 0.1) is 18.0 Å². The first-order valence-electron chi connectivity index (χ1n) is 6.57. The van der Waals surface area contributed by atoms with Crippen molar-refractivity contribution in [1.29, 1.82) is 0 Å². The van der Waals surface area contributed by atoms with Crippen molar-refractivity contribution in [3.8, 4) is 0 Å². The molecule has 6 nitrogen and oxygen atoms in total. The molecule has 0 saturated heterocycles. The molecule has 6 heteroatoms. The minimum absolute atomic E-state index is 0.0484. The van der Waals surface area contributed by atoms with Crippen LogP contribution in [0.25, 0.3) is 0 Å². The standard InChI is InChI=1S/C14H20N2O4/c1-4-20-14(17)8-10(2)15-9-12-6-5-7-13(11(12)3)16(18)19/h5-7,10,15H,4,8-9H2,1-3H3. The first kappa shape index (κ1) is 16.1. The van der Waals surface area contributed by atoms with Crippen molar-refractivity contribution in [2.45, 2.75) is 39.8 Å². The molecule has 0 saturated carbocycles. The molecule has 1 aromatic carbocycles. The summed E-state index contributed by atoms with van der Waals surface area (Å²) in [4.78, 5) is 21.8. The highest BCUT2D eigenvalue weighted by atomic mass is 16.6. The average molecular weight is 280 g/mol. The van der Waals surface area contributed by atoms with Crippen molar-refractivity contribution in [2.24, 2.45) is 0 Å². The zero-order valence-electron chi connectivity index (χ0n) is 12.0. The van der Waals surface area contributed by atoms with Gasteiger partial charge >= 0.3 is 5.97 Å². The van der Waals surface area contributed by atoms with Crippen LogP contribution in [0.15, 0.2) is 18.2 Å². The molecule has 1 atom stereocenters. The van der Waals surface area contributed by atoms with Crippen LogP contribution >= 0.6 is 0 Å². The molecule has 0 aliphatic rings. The second-order valence-electron chi connectivity index (χ2n) is 4.61. The van der Waals surface area contributed by atoms with Crippen LogP contribution in [0, 0.1) is 17.0 Å². The number of nitro groups is 1. The normalized spacial score (nSPS) is 11.9. The smallest absolute Gasteiger partial charge is 0.307 e. The van der Waals surface area contributed by atoms with Crippen LogP contribution in [0.1, 0.15) is 31.4 Å². The van der Waals surface area contributed by atoms with Gasteiger partial charge < -0.3 is 10.1 Å². The molecule has 0 aromatic heterocycles. The topological polar surface area (TPSA) is 81.5 Å². The van der Waals surface area contributed by atoms with E-state index in [2.05, 4.69) is 5.32 Å². The van der Waals surface area contributed by atoms with Gasteiger partial charge in [0, 0.05) is 24.2 Å². The molecule has 0 amide bonds. The lowest BCUT2D eigenvalue weighted by molar-refractivity contribution is -0.385. The lowest BCUT2D eigenvalue weighted by atomic mass is 10.1. The van der Waals surface area contributed by atoms with Gasteiger partial charge in [0.1, 0.15) is 0 Å². The number of nitrogens with zero attached hydrogens (tertiary/aromatic N) is 1. The Morgan fingerprint density at radius 2 is 2.20 bits per heavy atom. The number of hydrogen-bond acceptors (Lipinski definition) is 5. The monoisotopic (exact) mass is 280 g/mol. The Bertz CT molecular complexity index is 488. The van der Waals surface area contributed by atoms with E-state index < -0.39 is 0 Å². The predicted octanol–water partition coefficient (Wildman–Crippen LogP) is 2.33. The van der Waals surface area contributed by atoms with E-state index >= 15 is 0 Å². The number of nitro benzene ring substituents is 1. The minimum atomic E-state index is -0.388. The molecule has 0 aliphatic heterocycles. The summed E-state index contributed by atoms with van der Waals surface area (Å²) in [5, 5.41) is 14.0. The number of carbonyl (C=O) groups is 1. The van der Waals surface area contributed by atoms with Crippen LogP contribution < -0.4 is 5.32 Å². The van der Waals surface area contributed by atoms with Gasteiger partial charge in [-0.25, -0.2) is 0 Å². The van der Waals surface area contributed by atoms with Crippen molar-refractivity contribution in [3.05, 3.63) is 39.4 Å².